The minimum Gasteiger partial charge on any atom is -0.496 e. The topological polar surface area (TPSA) is 45.1 Å². The number of aryl methyl sites for hydroxylation is 1. The summed E-state index contributed by atoms with van der Waals surface area (Å²) >= 11 is 0. The van der Waals surface area contributed by atoms with E-state index in [2.05, 4.69) is 4.99 Å². The Kier molecular flexibility index (Phi) is 5.06. The van der Waals surface area contributed by atoms with Crippen LogP contribution in [0, 0.1) is 6.92 Å². The standard InChI is InChI=1S/C19H24N2O2/c1-14-11-16(19(2,22)15-9-7-6-8-10-15)18(23-5)12-17(14)20-13-21(3)4/h6-13,22H,1-5H3/b20-13+. The molecule has 0 saturated carbocycles. The molecule has 0 amide bonds. The van der Waals surface area contributed by atoms with Gasteiger partial charge in [0.25, 0.3) is 0 Å². The van der Waals surface area contributed by atoms with Crippen molar-refractivity contribution < 1.29 is 9.84 Å². The van der Waals surface area contributed by atoms with Crippen molar-refractivity contribution in [1.82, 2.24) is 4.90 Å². The molecule has 2 aromatic carbocycles. The van der Waals surface area contributed by atoms with Crippen LogP contribution in [0.25, 0.3) is 0 Å². The Morgan fingerprint density at radius 3 is 2.39 bits per heavy atom. The maximum absolute atomic E-state index is 11.1. The maximum Gasteiger partial charge on any atom is 0.127 e. The number of methoxy groups -OCH3 is 1. The lowest BCUT2D eigenvalue weighted by molar-refractivity contribution is 0.0989. The summed E-state index contributed by atoms with van der Waals surface area (Å²) in [4.78, 5) is 6.32. The molecule has 0 saturated heterocycles. The first-order valence-electron chi connectivity index (χ1n) is 7.54. The van der Waals surface area contributed by atoms with E-state index in [4.69, 9.17) is 4.74 Å². The maximum atomic E-state index is 11.1. The predicted octanol–water partition coefficient (Wildman–Crippen LogP) is 3.48. The number of ether oxygens (including phenoxy) is 1. The van der Waals surface area contributed by atoms with Gasteiger partial charge in [-0.05, 0) is 31.0 Å². The second-order valence-electron chi connectivity index (χ2n) is 5.99. The molecule has 0 bridgehead atoms. The van der Waals surface area contributed by atoms with Gasteiger partial charge in [0.15, 0.2) is 0 Å². The molecule has 0 aliphatic heterocycles. The van der Waals surface area contributed by atoms with Crippen LogP contribution in [0.4, 0.5) is 5.69 Å². The Morgan fingerprint density at radius 1 is 1.17 bits per heavy atom. The highest BCUT2D eigenvalue weighted by Crippen LogP contribution is 2.39. The van der Waals surface area contributed by atoms with Crippen LogP contribution in [0.15, 0.2) is 47.5 Å². The molecule has 23 heavy (non-hydrogen) atoms. The van der Waals surface area contributed by atoms with E-state index in [-0.39, 0.29) is 0 Å². The van der Waals surface area contributed by atoms with Gasteiger partial charge in [0.05, 0.1) is 19.1 Å². The van der Waals surface area contributed by atoms with Crippen molar-refractivity contribution in [1.29, 1.82) is 0 Å². The lowest BCUT2D eigenvalue weighted by Gasteiger charge is -2.27. The molecule has 1 unspecified atom stereocenters. The van der Waals surface area contributed by atoms with Crippen molar-refractivity contribution in [3.63, 3.8) is 0 Å². The number of hydrogen-bond acceptors (Lipinski definition) is 3. The molecule has 0 aliphatic carbocycles. The van der Waals surface area contributed by atoms with E-state index in [1.165, 1.54) is 0 Å². The lowest BCUT2D eigenvalue weighted by atomic mass is 9.86. The number of aliphatic imine (C=N–C) groups is 1. The number of hydrogen-bond donors (Lipinski definition) is 1. The fourth-order valence-corrected chi connectivity index (χ4v) is 2.46. The van der Waals surface area contributed by atoms with Crippen LogP contribution >= 0.6 is 0 Å². The Balaban J connectivity index is 2.53. The van der Waals surface area contributed by atoms with Gasteiger partial charge in [-0.1, -0.05) is 30.3 Å². The summed E-state index contributed by atoms with van der Waals surface area (Å²) < 4.78 is 5.51. The molecule has 4 nitrogen and oxygen atoms in total. The summed E-state index contributed by atoms with van der Waals surface area (Å²) in [7, 11) is 5.45. The number of aliphatic hydroxyl groups is 1. The number of benzene rings is 2. The predicted molar refractivity (Wildman–Crippen MR) is 94.7 cm³/mol. The van der Waals surface area contributed by atoms with Gasteiger partial charge in [0.1, 0.15) is 11.4 Å². The van der Waals surface area contributed by atoms with Crippen LogP contribution < -0.4 is 4.74 Å². The van der Waals surface area contributed by atoms with E-state index in [9.17, 15) is 5.11 Å². The zero-order valence-electron chi connectivity index (χ0n) is 14.4. The molecule has 0 fully saturated rings. The van der Waals surface area contributed by atoms with E-state index in [0.29, 0.717) is 5.75 Å². The van der Waals surface area contributed by atoms with Crippen molar-refractivity contribution in [3.05, 3.63) is 59.2 Å². The van der Waals surface area contributed by atoms with Gasteiger partial charge < -0.3 is 14.7 Å². The van der Waals surface area contributed by atoms with Crippen LogP contribution in [0.1, 0.15) is 23.6 Å². The molecule has 2 rings (SSSR count). The molecular formula is C19H24N2O2. The Labute approximate surface area is 138 Å². The highest BCUT2D eigenvalue weighted by molar-refractivity contribution is 5.65. The second-order valence-corrected chi connectivity index (χ2v) is 5.99. The molecule has 0 radical (unpaired) electrons. The summed E-state index contributed by atoms with van der Waals surface area (Å²) in [5.41, 5.74) is 2.22. The fraction of sp³-hybridized carbons (Fsp3) is 0.316. The van der Waals surface area contributed by atoms with E-state index in [1.807, 2.05) is 68.4 Å². The van der Waals surface area contributed by atoms with Crippen LogP contribution in [0.5, 0.6) is 5.75 Å². The smallest absolute Gasteiger partial charge is 0.127 e. The molecule has 0 aliphatic rings. The van der Waals surface area contributed by atoms with Crippen LogP contribution in [0.2, 0.25) is 0 Å². The normalized spacial score (nSPS) is 13.8. The zero-order chi connectivity index (χ0) is 17.0. The third-order valence-corrected chi connectivity index (χ3v) is 3.81. The van der Waals surface area contributed by atoms with Crippen molar-refractivity contribution in [2.24, 2.45) is 4.99 Å². The summed E-state index contributed by atoms with van der Waals surface area (Å²) in [6.07, 6.45) is 1.75. The molecule has 0 aromatic heterocycles. The average molecular weight is 312 g/mol. The first-order chi connectivity index (χ1) is 10.9. The van der Waals surface area contributed by atoms with Gasteiger partial charge in [-0.2, -0.15) is 0 Å². The molecule has 4 heteroatoms. The lowest BCUT2D eigenvalue weighted by Crippen LogP contribution is -2.23. The monoisotopic (exact) mass is 312 g/mol. The highest BCUT2D eigenvalue weighted by atomic mass is 16.5. The van der Waals surface area contributed by atoms with Gasteiger partial charge >= 0.3 is 0 Å². The Bertz CT molecular complexity index is 692. The van der Waals surface area contributed by atoms with Gasteiger partial charge in [-0.3, -0.25) is 0 Å². The minimum atomic E-state index is -1.14. The zero-order valence-corrected chi connectivity index (χ0v) is 14.4. The van der Waals surface area contributed by atoms with Crippen LogP contribution in [0.3, 0.4) is 0 Å². The quantitative estimate of drug-likeness (QED) is 0.679. The summed E-state index contributed by atoms with van der Waals surface area (Å²) in [6, 6.07) is 13.4. The van der Waals surface area contributed by atoms with Crippen molar-refractivity contribution in [2.75, 3.05) is 21.2 Å². The third kappa shape index (κ3) is 3.71. The highest BCUT2D eigenvalue weighted by Gasteiger charge is 2.29. The second kappa shape index (κ2) is 6.84. The SMILES string of the molecule is COc1cc(/N=C/N(C)C)c(C)cc1C(C)(O)c1ccccc1. The van der Waals surface area contributed by atoms with Gasteiger partial charge in [0.2, 0.25) is 0 Å². The van der Waals surface area contributed by atoms with E-state index in [1.54, 1.807) is 20.4 Å². The van der Waals surface area contributed by atoms with Crippen molar-refractivity contribution >= 4 is 12.0 Å². The molecule has 122 valence electrons. The van der Waals surface area contributed by atoms with Crippen LogP contribution in [-0.2, 0) is 5.60 Å². The number of nitrogens with zero attached hydrogens (tertiary/aromatic N) is 2. The average Bonchev–Trinajstić information content (AvgIpc) is 2.54. The van der Waals surface area contributed by atoms with Gasteiger partial charge in [-0.25, -0.2) is 4.99 Å². The van der Waals surface area contributed by atoms with E-state index < -0.39 is 5.60 Å². The van der Waals surface area contributed by atoms with Gasteiger partial charge in [0, 0.05) is 25.7 Å². The minimum absolute atomic E-state index is 0.621. The fourth-order valence-electron chi connectivity index (χ4n) is 2.46. The van der Waals surface area contributed by atoms with Gasteiger partial charge in [-0.15, -0.1) is 0 Å². The Morgan fingerprint density at radius 2 is 1.83 bits per heavy atom. The van der Waals surface area contributed by atoms with Crippen LogP contribution in [-0.4, -0.2) is 37.6 Å². The molecule has 0 spiro atoms. The van der Waals surface area contributed by atoms with Crippen molar-refractivity contribution in [2.45, 2.75) is 19.4 Å². The molecule has 0 heterocycles. The molecular weight excluding hydrogens is 288 g/mol. The third-order valence-electron chi connectivity index (χ3n) is 3.81. The summed E-state index contributed by atoms with van der Waals surface area (Å²) in [5.74, 6) is 0.621. The van der Waals surface area contributed by atoms with Crippen molar-refractivity contribution in [3.8, 4) is 5.75 Å². The summed E-state index contributed by atoms with van der Waals surface area (Å²) in [6.45, 7) is 3.76. The molecule has 1 N–H and O–H groups in total. The molecule has 2 aromatic rings. The molecule has 1 atom stereocenters. The van der Waals surface area contributed by atoms with E-state index >= 15 is 0 Å². The number of rotatable bonds is 5. The first-order valence-corrected chi connectivity index (χ1v) is 7.54. The Hall–Kier alpha value is -2.33. The van der Waals surface area contributed by atoms with E-state index in [0.717, 1.165) is 22.4 Å². The largest absolute Gasteiger partial charge is 0.496 e. The first kappa shape index (κ1) is 17.0. The summed E-state index contributed by atoms with van der Waals surface area (Å²) in [5, 5.41) is 11.1.